The van der Waals surface area contributed by atoms with Crippen molar-refractivity contribution in [3.63, 3.8) is 0 Å². The molecular weight excluding hydrogens is 380 g/mol. The zero-order chi connectivity index (χ0) is 20.8. The molecule has 1 aliphatic heterocycles. The molecule has 2 heterocycles. The Labute approximate surface area is 175 Å². The fraction of sp³-hybridized carbons (Fsp3) is 0.304. The first kappa shape index (κ1) is 19.8. The normalized spacial score (nSPS) is 13.7. The third-order valence-corrected chi connectivity index (χ3v) is 5.17. The van der Waals surface area contributed by atoms with E-state index in [0.29, 0.717) is 44.5 Å². The minimum absolute atomic E-state index is 0.0813. The van der Waals surface area contributed by atoms with Crippen molar-refractivity contribution in [3.05, 3.63) is 78.1 Å². The smallest absolute Gasteiger partial charge is 0.222 e. The molecule has 0 aliphatic carbocycles. The lowest BCUT2D eigenvalue weighted by Crippen LogP contribution is -2.50. The highest BCUT2D eigenvalue weighted by molar-refractivity contribution is 5.96. The summed E-state index contributed by atoms with van der Waals surface area (Å²) in [6.45, 7) is 1.59. The largest absolute Gasteiger partial charge is 0.487 e. The molecule has 7 heteroatoms. The molecule has 0 bridgehead atoms. The second-order valence-electron chi connectivity index (χ2n) is 7.39. The van der Waals surface area contributed by atoms with Crippen LogP contribution in [0.1, 0.15) is 41.4 Å². The molecule has 2 aromatic carbocycles. The van der Waals surface area contributed by atoms with Crippen LogP contribution < -0.4 is 4.74 Å². The van der Waals surface area contributed by atoms with Gasteiger partial charge < -0.3 is 9.64 Å². The fourth-order valence-corrected chi connectivity index (χ4v) is 3.38. The van der Waals surface area contributed by atoms with Gasteiger partial charge in [-0.15, -0.1) is 5.10 Å². The summed E-state index contributed by atoms with van der Waals surface area (Å²) in [5.41, 5.74) is 1.45. The van der Waals surface area contributed by atoms with Crippen LogP contribution in [-0.2, 0) is 11.4 Å². The van der Waals surface area contributed by atoms with E-state index in [1.807, 2.05) is 54.7 Å². The number of para-hydroxylation sites is 1. The van der Waals surface area contributed by atoms with Crippen LogP contribution in [0.2, 0.25) is 0 Å². The van der Waals surface area contributed by atoms with Crippen molar-refractivity contribution in [1.82, 2.24) is 19.9 Å². The van der Waals surface area contributed by atoms with Crippen LogP contribution in [0.4, 0.5) is 0 Å². The Kier molecular flexibility index (Phi) is 6.17. The van der Waals surface area contributed by atoms with E-state index in [0.717, 1.165) is 11.4 Å². The van der Waals surface area contributed by atoms with E-state index in [1.54, 1.807) is 21.7 Å². The van der Waals surface area contributed by atoms with Crippen LogP contribution in [0.3, 0.4) is 0 Å². The number of hydrogen-bond acceptors (Lipinski definition) is 5. The van der Waals surface area contributed by atoms with E-state index in [1.165, 1.54) is 0 Å². The molecular formula is C23H24N4O3. The van der Waals surface area contributed by atoms with Crippen molar-refractivity contribution in [2.24, 2.45) is 0 Å². The highest BCUT2D eigenvalue weighted by atomic mass is 16.5. The number of likely N-dealkylation sites (tertiary alicyclic amines) is 1. The average Bonchev–Trinajstić information content (AvgIpc) is 3.21. The van der Waals surface area contributed by atoms with E-state index in [4.69, 9.17) is 4.74 Å². The Balaban J connectivity index is 1.17. The molecule has 0 N–H and O–H groups in total. The van der Waals surface area contributed by atoms with Gasteiger partial charge in [-0.2, -0.15) is 0 Å². The van der Waals surface area contributed by atoms with E-state index >= 15 is 0 Å². The molecule has 0 saturated carbocycles. The first-order valence-corrected chi connectivity index (χ1v) is 10.1. The SMILES string of the molecule is O=C(CCCC(=O)N1CC(n2cc(COc3ccccc3)nn2)C1)c1ccccc1. The van der Waals surface area contributed by atoms with Gasteiger partial charge in [0.15, 0.2) is 5.78 Å². The summed E-state index contributed by atoms with van der Waals surface area (Å²) in [6, 6.07) is 18.9. The minimum Gasteiger partial charge on any atom is -0.487 e. The predicted octanol–water partition coefficient (Wildman–Crippen LogP) is 3.29. The maximum Gasteiger partial charge on any atom is 0.222 e. The standard InChI is InChI=1S/C23H24N4O3/c28-22(18-8-3-1-4-9-18)12-7-13-23(29)26-15-20(16-26)27-14-19(24-25-27)17-30-21-10-5-2-6-11-21/h1-6,8-11,14,20H,7,12-13,15-17H2. The number of hydrogen-bond donors (Lipinski definition) is 0. The lowest BCUT2D eigenvalue weighted by atomic mass is 10.0. The molecule has 0 unspecified atom stereocenters. The number of amides is 1. The minimum atomic E-state index is 0.0813. The molecule has 4 rings (SSSR count). The molecule has 7 nitrogen and oxygen atoms in total. The van der Waals surface area contributed by atoms with Crippen LogP contribution >= 0.6 is 0 Å². The van der Waals surface area contributed by atoms with Crippen molar-refractivity contribution < 1.29 is 14.3 Å². The summed E-state index contributed by atoms with van der Waals surface area (Å²) in [5, 5.41) is 8.32. The van der Waals surface area contributed by atoms with Crippen molar-refractivity contribution in [1.29, 1.82) is 0 Å². The van der Waals surface area contributed by atoms with Crippen LogP contribution in [0.25, 0.3) is 0 Å². The molecule has 0 spiro atoms. The van der Waals surface area contributed by atoms with Crippen LogP contribution in [0.5, 0.6) is 5.75 Å². The van der Waals surface area contributed by atoms with Gasteiger partial charge in [0.25, 0.3) is 0 Å². The molecule has 0 radical (unpaired) electrons. The summed E-state index contributed by atoms with van der Waals surface area (Å²) in [7, 11) is 0. The maximum atomic E-state index is 12.3. The Morgan fingerprint density at radius 2 is 1.67 bits per heavy atom. The monoisotopic (exact) mass is 404 g/mol. The molecule has 1 aromatic heterocycles. The molecule has 30 heavy (non-hydrogen) atoms. The molecule has 1 amide bonds. The summed E-state index contributed by atoms with van der Waals surface area (Å²) >= 11 is 0. The molecule has 0 atom stereocenters. The number of carbonyl (C=O) groups is 2. The van der Waals surface area contributed by atoms with Gasteiger partial charge >= 0.3 is 0 Å². The van der Waals surface area contributed by atoms with E-state index in [9.17, 15) is 9.59 Å². The highest BCUT2D eigenvalue weighted by Gasteiger charge is 2.32. The third-order valence-electron chi connectivity index (χ3n) is 5.17. The number of aromatic nitrogens is 3. The van der Waals surface area contributed by atoms with E-state index in [2.05, 4.69) is 10.3 Å². The molecule has 1 aliphatic rings. The van der Waals surface area contributed by atoms with Crippen LogP contribution in [0.15, 0.2) is 66.9 Å². The van der Waals surface area contributed by atoms with Gasteiger partial charge in [-0.25, -0.2) is 4.68 Å². The van der Waals surface area contributed by atoms with Crippen molar-refractivity contribution in [3.8, 4) is 5.75 Å². The average molecular weight is 404 g/mol. The summed E-state index contributed by atoms with van der Waals surface area (Å²) in [6.07, 6.45) is 3.21. The van der Waals surface area contributed by atoms with Crippen molar-refractivity contribution in [2.45, 2.75) is 31.9 Å². The first-order valence-electron chi connectivity index (χ1n) is 10.1. The third kappa shape index (κ3) is 4.92. The summed E-state index contributed by atoms with van der Waals surface area (Å²) in [4.78, 5) is 26.2. The Hall–Kier alpha value is -3.48. The molecule has 1 saturated heterocycles. The zero-order valence-electron chi connectivity index (χ0n) is 16.7. The van der Waals surface area contributed by atoms with Gasteiger partial charge in [0.2, 0.25) is 5.91 Å². The van der Waals surface area contributed by atoms with E-state index < -0.39 is 0 Å². The molecule has 3 aromatic rings. The number of nitrogens with zero attached hydrogens (tertiary/aromatic N) is 4. The number of carbonyl (C=O) groups excluding carboxylic acids is 2. The number of ketones is 1. The lowest BCUT2D eigenvalue weighted by molar-refractivity contribution is -0.137. The number of Topliss-reactive ketones (excluding diaryl/α,β-unsaturated/α-hetero) is 1. The quantitative estimate of drug-likeness (QED) is 0.512. The van der Waals surface area contributed by atoms with Gasteiger partial charge in [-0.3, -0.25) is 9.59 Å². The second kappa shape index (κ2) is 9.35. The Morgan fingerprint density at radius 1 is 0.967 bits per heavy atom. The van der Waals surface area contributed by atoms with Gasteiger partial charge in [-0.05, 0) is 18.6 Å². The Morgan fingerprint density at radius 3 is 2.40 bits per heavy atom. The van der Waals surface area contributed by atoms with Crippen molar-refractivity contribution in [2.75, 3.05) is 13.1 Å². The lowest BCUT2D eigenvalue weighted by Gasteiger charge is -2.39. The van der Waals surface area contributed by atoms with Crippen LogP contribution in [0, 0.1) is 0 Å². The van der Waals surface area contributed by atoms with Gasteiger partial charge in [0.05, 0.1) is 12.2 Å². The van der Waals surface area contributed by atoms with Crippen LogP contribution in [-0.4, -0.2) is 44.7 Å². The molecule has 154 valence electrons. The Bertz CT molecular complexity index is 982. The topological polar surface area (TPSA) is 77.3 Å². The summed E-state index contributed by atoms with van der Waals surface area (Å²) < 4.78 is 7.48. The predicted molar refractivity (Wildman–Crippen MR) is 111 cm³/mol. The second-order valence-corrected chi connectivity index (χ2v) is 7.39. The fourth-order valence-electron chi connectivity index (χ4n) is 3.38. The maximum absolute atomic E-state index is 12.3. The highest BCUT2D eigenvalue weighted by Crippen LogP contribution is 2.22. The zero-order valence-corrected chi connectivity index (χ0v) is 16.7. The summed E-state index contributed by atoms with van der Waals surface area (Å²) in [5.74, 6) is 0.954. The number of ether oxygens (including phenoxy) is 1. The first-order chi connectivity index (χ1) is 14.7. The van der Waals surface area contributed by atoms with Gasteiger partial charge in [-0.1, -0.05) is 53.7 Å². The molecule has 1 fully saturated rings. The van der Waals surface area contributed by atoms with Gasteiger partial charge in [0.1, 0.15) is 18.1 Å². The number of benzene rings is 2. The van der Waals surface area contributed by atoms with Gasteiger partial charge in [0, 0.05) is 31.5 Å². The number of rotatable bonds is 9. The van der Waals surface area contributed by atoms with E-state index in [-0.39, 0.29) is 17.7 Å². The van der Waals surface area contributed by atoms with Crippen molar-refractivity contribution >= 4 is 11.7 Å².